The summed E-state index contributed by atoms with van der Waals surface area (Å²) in [6.45, 7) is 6.75. The topological polar surface area (TPSA) is 4.36 Å². The first-order valence-corrected chi connectivity index (χ1v) is 4.29. The Morgan fingerprint density at radius 1 is 1.00 bits per heavy atom. The molecule has 1 rings (SSSR count). The maximum atomic E-state index is 6.75. The van der Waals surface area contributed by atoms with E-state index in [1.165, 1.54) is 6.07 Å². The third-order valence-electron chi connectivity index (χ3n) is 1.20. The van der Waals surface area contributed by atoms with Crippen LogP contribution < -0.4 is 0 Å². The summed E-state index contributed by atoms with van der Waals surface area (Å²) in [4.78, 5) is 3.11. The third-order valence-corrected chi connectivity index (χ3v) is 2.74. The van der Waals surface area contributed by atoms with E-state index in [1.807, 2.05) is 0 Å². The Morgan fingerprint density at radius 2 is 1.58 bits per heavy atom. The Labute approximate surface area is 89.6 Å². The second-order valence-corrected chi connectivity index (χ2v) is 3.50. The van der Waals surface area contributed by atoms with Gasteiger partial charge in [0, 0.05) is 0 Å². The molecule has 0 atom stereocenters. The van der Waals surface area contributed by atoms with Gasteiger partial charge in [0.2, 0.25) is 5.69 Å². The SMILES string of the molecule is [C-]#[N+]c1c(Cl)cc(Cl)c(Cl)c1Cl. The summed E-state index contributed by atoms with van der Waals surface area (Å²) in [7, 11) is 0. The van der Waals surface area contributed by atoms with E-state index in [0.29, 0.717) is 0 Å². The fourth-order valence-corrected chi connectivity index (χ4v) is 1.65. The molecule has 0 heterocycles. The minimum atomic E-state index is 0.101. The monoisotopic (exact) mass is 239 g/mol. The second-order valence-electron chi connectivity index (χ2n) is 1.93. The van der Waals surface area contributed by atoms with Gasteiger partial charge in [-0.25, -0.2) is 4.85 Å². The van der Waals surface area contributed by atoms with Crippen LogP contribution in [0.25, 0.3) is 4.85 Å². The van der Waals surface area contributed by atoms with Crippen LogP contribution in [0.5, 0.6) is 0 Å². The summed E-state index contributed by atoms with van der Waals surface area (Å²) in [5.41, 5.74) is 0.132. The van der Waals surface area contributed by atoms with Gasteiger partial charge in [0.15, 0.2) is 0 Å². The van der Waals surface area contributed by atoms with Crippen molar-refractivity contribution in [3.63, 3.8) is 0 Å². The van der Waals surface area contributed by atoms with Crippen molar-refractivity contribution in [3.8, 4) is 0 Å². The lowest BCUT2D eigenvalue weighted by atomic mass is 10.3. The molecule has 0 saturated carbocycles. The van der Waals surface area contributed by atoms with Gasteiger partial charge in [-0.1, -0.05) is 46.4 Å². The van der Waals surface area contributed by atoms with Gasteiger partial charge in [-0.15, -0.1) is 0 Å². The molecule has 0 N–H and O–H groups in total. The number of benzene rings is 1. The highest BCUT2D eigenvalue weighted by atomic mass is 35.5. The minimum absolute atomic E-state index is 0.101. The van der Waals surface area contributed by atoms with Crippen molar-refractivity contribution < 1.29 is 0 Å². The van der Waals surface area contributed by atoms with Crippen molar-refractivity contribution >= 4 is 52.1 Å². The normalized spacial score (nSPS) is 9.58. The van der Waals surface area contributed by atoms with E-state index in [0.717, 1.165) is 0 Å². The second kappa shape index (κ2) is 3.72. The molecule has 12 heavy (non-hydrogen) atoms. The van der Waals surface area contributed by atoms with Crippen molar-refractivity contribution in [2.75, 3.05) is 0 Å². The fourth-order valence-electron chi connectivity index (χ4n) is 0.659. The molecular formula is C7HCl4N. The van der Waals surface area contributed by atoms with Crippen LogP contribution in [0.4, 0.5) is 5.69 Å². The van der Waals surface area contributed by atoms with Gasteiger partial charge in [0.1, 0.15) is 0 Å². The Hall–Kier alpha value is -0.130. The number of hydrogen-bond donors (Lipinski definition) is 0. The molecule has 62 valence electrons. The lowest BCUT2D eigenvalue weighted by Crippen LogP contribution is -1.74. The van der Waals surface area contributed by atoms with Crippen LogP contribution in [-0.2, 0) is 0 Å². The lowest BCUT2D eigenvalue weighted by Gasteiger charge is -2.02. The zero-order valence-corrected chi connectivity index (χ0v) is 8.56. The Morgan fingerprint density at radius 3 is 2.08 bits per heavy atom. The number of halogens is 4. The zero-order chi connectivity index (χ0) is 9.30. The van der Waals surface area contributed by atoms with Gasteiger partial charge in [0.05, 0.1) is 26.7 Å². The largest absolute Gasteiger partial charge is 0.235 e. The minimum Gasteiger partial charge on any atom is -0.235 e. The van der Waals surface area contributed by atoms with Gasteiger partial charge in [-0.3, -0.25) is 0 Å². The molecule has 5 heteroatoms. The van der Waals surface area contributed by atoms with Crippen molar-refractivity contribution in [2.45, 2.75) is 0 Å². The summed E-state index contributed by atoms with van der Waals surface area (Å²) in [5, 5.41) is 0.723. The average molecular weight is 241 g/mol. The van der Waals surface area contributed by atoms with Crippen molar-refractivity contribution in [2.24, 2.45) is 0 Å². The zero-order valence-electron chi connectivity index (χ0n) is 5.54. The van der Waals surface area contributed by atoms with E-state index in [-0.39, 0.29) is 25.8 Å². The van der Waals surface area contributed by atoms with Crippen molar-refractivity contribution in [3.05, 3.63) is 37.6 Å². The summed E-state index contributed by atoms with van der Waals surface area (Å²) < 4.78 is 0. The van der Waals surface area contributed by atoms with Crippen molar-refractivity contribution in [1.82, 2.24) is 0 Å². The molecule has 0 amide bonds. The van der Waals surface area contributed by atoms with Crippen LogP contribution in [0.2, 0.25) is 20.1 Å². The molecule has 0 fully saturated rings. The molecular weight excluding hydrogens is 240 g/mol. The molecule has 0 aliphatic heterocycles. The van der Waals surface area contributed by atoms with Crippen LogP contribution in [-0.4, -0.2) is 0 Å². The molecule has 1 aromatic rings. The molecule has 0 aliphatic rings. The first-order valence-electron chi connectivity index (χ1n) is 2.78. The van der Waals surface area contributed by atoms with E-state index in [9.17, 15) is 0 Å². The van der Waals surface area contributed by atoms with Crippen molar-refractivity contribution in [1.29, 1.82) is 0 Å². The van der Waals surface area contributed by atoms with Gasteiger partial charge < -0.3 is 0 Å². The standard InChI is InChI=1S/C7HCl4N/c1-12-7-4(9)2-3(8)5(10)6(7)11/h2H. The molecule has 0 unspecified atom stereocenters. The molecule has 0 saturated heterocycles. The summed E-state index contributed by atoms with van der Waals surface area (Å²) in [5.74, 6) is 0. The smallest absolute Gasteiger partial charge is 0.225 e. The van der Waals surface area contributed by atoms with E-state index >= 15 is 0 Å². The molecule has 0 aliphatic carbocycles. The summed E-state index contributed by atoms with van der Waals surface area (Å²) >= 11 is 22.7. The van der Waals surface area contributed by atoms with Crippen LogP contribution in [0.15, 0.2) is 6.07 Å². The van der Waals surface area contributed by atoms with E-state index < -0.39 is 0 Å². The molecule has 0 aromatic heterocycles. The van der Waals surface area contributed by atoms with Crippen LogP contribution in [0, 0.1) is 6.57 Å². The first-order chi connectivity index (χ1) is 5.57. The van der Waals surface area contributed by atoms with Gasteiger partial charge in [-0.05, 0) is 6.07 Å². The van der Waals surface area contributed by atoms with E-state index in [2.05, 4.69) is 4.85 Å². The highest BCUT2D eigenvalue weighted by molar-refractivity contribution is 6.51. The van der Waals surface area contributed by atoms with E-state index in [1.54, 1.807) is 0 Å². The highest BCUT2D eigenvalue weighted by Crippen LogP contribution is 2.42. The van der Waals surface area contributed by atoms with Gasteiger partial charge in [-0.2, -0.15) is 0 Å². The maximum absolute atomic E-state index is 6.75. The van der Waals surface area contributed by atoms with Gasteiger partial charge >= 0.3 is 0 Å². The average Bonchev–Trinajstić information content (AvgIpc) is 2.01. The molecule has 0 spiro atoms. The molecule has 1 nitrogen and oxygen atoms in total. The number of rotatable bonds is 0. The summed E-state index contributed by atoms with van der Waals surface area (Å²) in [6, 6.07) is 1.39. The predicted molar refractivity (Wildman–Crippen MR) is 52.7 cm³/mol. The van der Waals surface area contributed by atoms with Crippen LogP contribution >= 0.6 is 46.4 Å². The summed E-state index contributed by atoms with van der Waals surface area (Å²) in [6.07, 6.45) is 0. The fraction of sp³-hybridized carbons (Fsp3) is 0. The Balaban J connectivity index is 3.54. The third kappa shape index (κ3) is 1.62. The maximum Gasteiger partial charge on any atom is 0.225 e. The predicted octanol–water partition coefficient (Wildman–Crippen LogP) is 4.85. The Kier molecular flexibility index (Phi) is 3.09. The number of nitrogens with zero attached hydrogens (tertiary/aromatic N) is 1. The Bertz CT molecular complexity index is 367. The number of hydrogen-bond acceptors (Lipinski definition) is 0. The quantitative estimate of drug-likeness (QED) is 0.347. The molecule has 1 aromatic carbocycles. The molecule has 0 radical (unpaired) electrons. The van der Waals surface area contributed by atoms with Crippen LogP contribution in [0.1, 0.15) is 0 Å². The first kappa shape index (κ1) is 9.95. The van der Waals surface area contributed by atoms with E-state index in [4.69, 9.17) is 53.0 Å². The lowest BCUT2D eigenvalue weighted by molar-refractivity contribution is 1.70. The highest BCUT2D eigenvalue weighted by Gasteiger charge is 2.12. The van der Waals surface area contributed by atoms with Gasteiger partial charge in [0.25, 0.3) is 0 Å². The van der Waals surface area contributed by atoms with Crippen LogP contribution in [0.3, 0.4) is 0 Å². The molecule has 0 bridgehead atoms.